The first-order chi connectivity index (χ1) is 14.5. The van der Waals surface area contributed by atoms with Crippen molar-refractivity contribution in [2.45, 2.75) is 18.8 Å². The molecule has 0 bridgehead atoms. The predicted molar refractivity (Wildman–Crippen MR) is 104 cm³/mol. The first-order valence-electron chi connectivity index (χ1n) is 9.94. The average Bonchev–Trinajstić information content (AvgIpc) is 3.26. The van der Waals surface area contributed by atoms with Crippen LogP contribution in [0.2, 0.25) is 0 Å². The Kier molecular flexibility index (Phi) is 4.58. The third-order valence-electron chi connectivity index (χ3n) is 6.01. The molecular weight excluding hydrogens is 392 g/mol. The highest BCUT2D eigenvalue weighted by atomic mass is 19.1. The standard InChI is InChI=1S/C22H19F2N3O3/c23-14-1-3-16-18(11-14)22(29)27(21(16)28)10-9-26-7-5-13(6-8-26)20-17-4-2-15(24)12-19(17)30-25-20/h1-4,11-13H,5-10H2. The van der Waals surface area contributed by atoms with Crippen molar-refractivity contribution < 1.29 is 22.9 Å². The molecule has 0 unspecified atom stereocenters. The van der Waals surface area contributed by atoms with Gasteiger partial charge in [-0.15, -0.1) is 0 Å². The van der Waals surface area contributed by atoms with Gasteiger partial charge in [0.15, 0.2) is 5.58 Å². The topological polar surface area (TPSA) is 66.7 Å². The number of piperidine rings is 1. The zero-order valence-electron chi connectivity index (χ0n) is 16.1. The highest BCUT2D eigenvalue weighted by Gasteiger charge is 2.36. The van der Waals surface area contributed by atoms with Crippen molar-refractivity contribution in [1.29, 1.82) is 0 Å². The third-order valence-corrected chi connectivity index (χ3v) is 6.01. The molecule has 0 spiro atoms. The lowest BCUT2D eigenvalue weighted by molar-refractivity contribution is 0.0629. The molecule has 1 aromatic heterocycles. The number of amides is 2. The summed E-state index contributed by atoms with van der Waals surface area (Å²) in [6.45, 7) is 2.41. The van der Waals surface area contributed by atoms with Crippen molar-refractivity contribution >= 4 is 22.8 Å². The summed E-state index contributed by atoms with van der Waals surface area (Å²) < 4.78 is 32.0. The van der Waals surface area contributed by atoms with Crippen LogP contribution in [0, 0.1) is 11.6 Å². The Bertz CT molecular complexity index is 1150. The van der Waals surface area contributed by atoms with E-state index in [9.17, 15) is 18.4 Å². The molecule has 2 amide bonds. The molecule has 5 rings (SSSR count). The summed E-state index contributed by atoms with van der Waals surface area (Å²) in [7, 11) is 0. The van der Waals surface area contributed by atoms with Crippen molar-refractivity contribution in [1.82, 2.24) is 15.0 Å². The molecule has 8 heteroatoms. The number of aromatic nitrogens is 1. The Morgan fingerprint density at radius 3 is 2.43 bits per heavy atom. The molecule has 1 fully saturated rings. The second-order valence-electron chi connectivity index (χ2n) is 7.78. The Morgan fingerprint density at radius 2 is 1.63 bits per heavy atom. The molecule has 2 aliphatic rings. The van der Waals surface area contributed by atoms with Crippen LogP contribution in [0.1, 0.15) is 45.2 Å². The summed E-state index contributed by atoms with van der Waals surface area (Å²) >= 11 is 0. The zero-order valence-corrected chi connectivity index (χ0v) is 16.1. The largest absolute Gasteiger partial charge is 0.356 e. The molecule has 3 heterocycles. The van der Waals surface area contributed by atoms with Crippen LogP contribution >= 0.6 is 0 Å². The number of carbonyl (C=O) groups excluding carboxylic acids is 2. The summed E-state index contributed by atoms with van der Waals surface area (Å²) in [4.78, 5) is 28.3. The Balaban J connectivity index is 1.20. The van der Waals surface area contributed by atoms with E-state index in [1.54, 1.807) is 6.07 Å². The van der Waals surface area contributed by atoms with Crippen LogP contribution in [0.5, 0.6) is 0 Å². The van der Waals surface area contributed by atoms with E-state index in [-0.39, 0.29) is 35.3 Å². The Morgan fingerprint density at radius 1 is 0.933 bits per heavy atom. The third kappa shape index (κ3) is 3.17. The van der Waals surface area contributed by atoms with Gasteiger partial charge in [0.05, 0.1) is 16.8 Å². The van der Waals surface area contributed by atoms with Crippen LogP contribution < -0.4 is 0 Å². The Hall–Kier alpha value is -3.13. The number of carbonyl (C=O) groups is 2. The van der Waals surface area contributed by atoms with Gasteiger partial charge in [-0.1, -0.05) is 5.16 Å². The lowest BCUT2D eigenvalue weighted by atomic mass is 9.91. The molecule has 154 valence electrons. The first kappa shape index (κ1) is 18.9. The molecule has 30 heavy (non-hydrogen) atoms. The summed E-state index contributed by atoms with van der Waals surface area (Å²) in [5, 5.41) is 5.00. The molecule has 0 saturated carbocycles. The van der Waals surface area contributed by atoms with Crippen LogP contribution in [0.4, 0.5) is 8.78 Å². The van der Waals surface area contributed by atoms with E-state index in [0.717, 1.165) is 43.1 Å². The van der Waals surface area contributed by atoms with Gasteiger partial charge in [-0.25, -0.2) is 8.78 Å². The van der Waals surface area contributed by atoms with Crippen molar-refractivity contribution in [3.63, 3.8) is 0 Å². The molecule has 2 aliphatic heterocycles. The maximum Gasteiger partial charge on any atom is 0.261 e. The number of hydrogen-bond acceptors (Lipinski definition) is 5. The van der Waals surface area contributed by atoms with Gasteiger partial charge >= 0.3 is 0 Å². The lowest BCUT2D eigenvalue weighted by Crippen LogP contribution is -2.41. The summed E-state index contributed by atoms with van der Waals surface area (Å²) in [5.74, 6) is -1.47. The number of benzene rings is 2. The number of hydrogen-bond donors (Lipinski definition) is 0. The van der Waals surface area contributed by atoms with Gasteiger partial charge < -0.3 is 9.42 Å². The predicted octanol–water partition coefficient (Wildman–Crippen LogP) is 3.58. The van der Waals surface area contributed by atoms with Crippen LogP contribution in [-0.4, -0.2) is 52.9 Å². The minimum Gasteiger partial charge on any atom is -0.356 e. The summed E-state index contributed by atoms with van der Waals surface area (Å²) in [6, 6.07) is 8.13. The quantitative estimate of drug-likeness (QED) is 0.614. The number of halogens is 2. The molecule has 0 N–H and O–H groups in total. The monoisotopic (exact) mass is 411 g/mol. The number of imide groups is 1. The maximum atomic E-state index is 13.4. The van der Waals surface area contributed by atoms with E-state index in [0.29, 0.717) is 12.1 Å². The number of nitrogens with zero attached hydrogens (tertiary/aromatic N) is 3. The van der Waals surface area contributed by atoms with Gasteiger partial charge in [0.2, 0.25) is 0 Å². The molecule has 1 saturated heterocycles. The highest BCUT2D eigenvalue weighted by molar-refractivity contribution is 6.21. The van der Waals surface area contributed by atoms with Crippen molar-refractivity contribution in [3.05, 3.63) is 64.9 Å². The van der Waals surface area contributed by atoms with Gasteiger partial charge in [-0.3, -0.25) is 14.5 Å². The van der Waals surface area contributed by atoms with E-state index >= 15 is 0 Å². The van der Waals surface area contributed by atoms with Crippen molar-refractivity contribution in [2.24, 2.45) is 0 Å². The molecule has 6 nitrogen and oxygen atoms in total. The number of likely N-dealkylation sites (tertiary alicyclic amines) is 1. The van der Waals surface area contributed by atoms with Crippen LogP contribution in [0.25, 0.3) is 11.0 Å². The SMILES string of the molecule is O=C1c2ccc(F)cc2C(=O)N1CCN1CCC(c2noc3cc(F)ccc23)CC1. The molecule has 0 radical (unpaired) electrons. The minimum atomic E-state index is -0.526. The van der Waals surface area contributed by atoms with Gasteiger partial charge in [-0.05, 0) is 56.3 Å². The van der Waals surface area contributed by atoms with Crippen molar-refractivity contribution in [3.8, 4) is 0 Å². The van der Waals surface area contributed by atoms with Crippen LogP contribution in [0.15, 0.2) is 40.9 Å². The summed E-state index contributed by atoms with van der Waals surface area (Å²) in [5.41, 5.74) is 1.70. The van der Waals surface area contributed by atoms with Crippen molar-refractivity contribution in [2.75, 3.05) is 26.2 Å². The lowest BCUT2D eigenvalue weighted by Gasteiger charge is -2.32. The fourth-order valence-corrected chi connectivity index (χ4v) is 4.36. The molecule has 3 aromatic rings. The van der Waals surface area contributed by atoms with Gasteiger partial charge in [-0.2, -0.15) is 0 Å². The van der Waals surface area contributed by atoms with E-state index in [4.69, 9.17) is 4.52 Å². The van der Waals surface area contributed by atoms with Gasteiger partial charge in [0, 0.05) is 30.5 Å². The minimum absolute atomic E-state index is 0.132. The fraction of sp³-hybridized carbons (Fsp3) is 0.318. The molecule has 2 aromatic carbocycles. The number of rotatable bonds is 4. The number of fused-ring (bicyclic) bond motifs is 2. The molecule has 0 atom stereocenters. The zero-order chi connectivity index (χ0) is 20.8. The molecular formula is C22H19F2N3O3. The van der Waals surface area contributed by atoms with Gasteiger partial charge in [0.1, 0.15) is 11.6 Å². The van der Waals surface area contributed by atoms with E-state index in [1.807, 2.05) is 0 Å². The van der Waals surface area contributed by atoms with E-state index in [1.165, 1.54) is 29.2 Å². The van der Waals surface area contributed by atoms with Gasteiger partial charge in [0.25, 0.3) is 11.8 Å². The second-order valence-corrected chi connectivity index (χ2v) is 7.78. The Labute approximate surface area is 171 Å². The summed E-state index contributed by atoms with van der Waals surface area (Å²) in [6.07, 6.45) is 1.71. The molecule has 0 aliphatic carbocycles. The van der Waals surface area contributed by atoms with E-state index in [2.05, 4.69) is 10.1 Å². The second kappa shape index (κ2) is 7.28. The normalized spacial score (nSPS) is 17.9. The fourth-order valence-electron chi connectivity index (χ4n) is 4.36. The van der Waals surface area contributed by atoms with Crippen LogP contribution in [0.3, 0.4) is 0 Å². The maximum absolute atomic E-state index is 13.4. The van der Waals surface area contributed by atoms with Crippen LogP contribution in [-0.2, 0) is 0 Å². The average molecular weight is 411 g/mol. The highest BCUT2D eigenvalue weighted by Crippen LogP contribution is 2.33. The first-order valence-corrected chi connectivity index (χ1v) is 9.94. The smallest absolute Gasteiger partial charge is 0.261 e. The van der Waals surface area contributed by atoms with E-state index < -0.39 is 11.7 Å².